The first-order valence-corrected chi connectivity index (χ1v) is 8.10. The van der Waals surface area contributed by atoms with E-state index in [1.54, 1.807) is 11.3 Å². The Morgan fingerprint density at radius 2 is 2.39 bits per heavy atom. The zero-order chi connectivity index (χ0) is 13.0. The SMILES string of the molecule is CCCNC(Cc1nccn1C)c1csc(I)c1. The lowest BCUT2D eigenvalue weighted by molar-refractivity contribution is 0.513. The van der Waals surface area contributed by atoms with Crippen molar-refractivity contribution in [2.75, 3.05) is 6.54 Å². The summed E-state index contributed by atoms with van der Waals surface area (Å²) in [6.07, 6.45) is 5.96. The third-order valence-electron chi connectivity index (χ3n) is 2.94. The monoisotopic (exact) mass is 375 g/mol. The standard InChI is InChI=1S/C13H18IN3S/c1-3-4-15-11(10-7-12(14)18-9-10)8-13-16-5-6-17(13)2/h5-7,9,11,15H,3-4,8H2,1-2H3. The molecule has 98 valence electrons. The second-order valence-electron chi connectivity index (χ2n) is 4.35. The molecule has 0 aliphatic heterocycles. The highest BCUT2D eigenvalue weighted by Gasteiger charge is 2.15. The number of aryl methyl sites for hydroxylation is 1. The van der Waals surface area contributed by atoms with Gasteiger partial charge in [-0.2, -0.15) is 0 Å². The van der Waals surface area contributed by atoms with Gasteiger partial charge in [0, 0.05) is 31.9 Å². The molecule has 0 saturated carbocycles. The molecule has 1 N–H and O–H groups in total. The van der Waals surface area contributed by atoms with Crippen LogP contribution in [0.2, 0.25) is 0 Å². The van der Waals surface area contributed by atoms with Gasteiger partial charge >= 0.3 is 0 Å². The van der Waals surface area contributed by atoms with Crippen molar-refractivity contribution in [3.05, 3.63) is 38.1 Å². The number of thiophene rings is 1. The van der Waals surface area contributed by atoms with E-state index in [1.807, 2.05) is 12.4 Å². The van der Waals surface area contributed by atoms with Crippen molar-refractivity contribution in [3.63, 3.8) is 0 Å². The van der Waals surface area contributed by atoms with E-state index in [4.69, 9.17) is 0 Å². The molecule has 1 unspecified atom stereocenters. The molecule has 0 aromatic carbocycles. The summed E-state index contributed by atoms with van der Waals surface area (Å²) in [6.45, 7) is 3.24. The molecule has 0 aliphatic carbocycles. The van der Waals surface area contributed by atoms with Crippen LogP contribution in [0.5, 0.6) is 0 Å². The molecule has 0 amide bonds. The lowest BCUT2D eigenvalue weighted by Crippen LogP contribution is -2.24. The van der Waals surface area contributed by atoms with Crippen LogP contribution in [-0.4, -0.2) is 16.1 Å². The van der Waals surface area contributed by atoms with E-state index >= 15 is 0 Å². The van der Waals surface area contributed by atoms with Crippen LogP contribution in [0.15, 0.2) is 23.8 Å². The molecule has 2 rings (SSSR count). The van der Waals surface area contributed by atoms with Gasteiger partial charge in [-0.3, -0.25) is 0 Å². The van der Waals surface area contributed by atoms with Gasteiger partial charge in [-0.1, -0.05) is 6.92 Å². The van der Waals surface area contributed by atoms with Crippen molar-refractivity contribution in [2.24, 2.45) is 7.05 Å². The van der Waals surface area contributed by atoms with E-state index < -0.39 is 0 Å². The molecule has 0 fully saturated rings. The van der Waals surface area contributed by atoms with Crippen LogP contribution in [-0.2, 0) is 13.5 Å². The third kappa shape index (κ3) is 3.55. The van der Waals surface area contributed by atoms with Crippen LogP contribution in [0.3, 0.4) is 0 Å². The third-order valence-corrected chi connectivity index (χ3v) is 4.75. The van der Waals surface area contributed by atoms with Crippen LogP contribution >= 0.6 is 33.9 Å². The Morgan fingerprint density at radius 1 is 1.56 bits per heavy atom. The molecule has 0 aliphatic rings. The second kappa shape index (κ2) is 6.68. The summed E-state index contributed by atoms with van der Waals surface area (Å²) in [5.74, 6) is 1.13. The molecule has 18 heavy (non-hydrogen) atoms. The predicted octanol–water partition coefficient (Wildman–Crippen LogP) is 3.37. The van der Waals surface area contributed by atoms with Gasteiger partial charge in [0.15, 0.2) is 0 Å². The van der Waals surface area contributed by atoms with Gasteiger partial charge in [-0.15, -0.1) is 11.3 Å². The van der Waals surface area contributed by atoms with E-state index in [2.05, 4.69) is 62.9 Å². The molecule has 1 atom stereocenters. The Hall–Kier alpha value is -0.400. The van der Waals surface area contributed by atoms with Crippen molar-refractivity contribution in [3.8, 4) is 0 Å². The highest BCUT2D eigenvalue weighted by atomic mass is 127. The Bertz CT molecular complexity index is 492. The fraction of sp³-hybridized carbons (Fsp3) is 0.462. The Labute approximate surface area is 126 Å². The van der Waals surface area contributed by atoms with Crippen LogP contribution < -0.4 is 5.32 Å². The molecule has 5 heteroatoms. The molecule has 2 aromatic heterocycles. The number of aromatic nitrogens is 2. The van der Waals surface area contributed by atoms with Crippen molar-refractivity contribution in [1.29, 1.82) is 0 Å². The summed E-state index contributed by atoms with van der Waals surface area (Å²) in [5, 5.41) is 5.86. The predicted molar refractivity (Wildman–Crippen MR) is 85.0 cm³/mol. The number of imidazole rings is 1. The van der Waals surface area contributed by atoms with E-state index in [0.29, 0.717) is 6.04 Å². The zero-order valence-corrected chi connectivity index (χ0v) is 13.7. The fourth-order valence-corrected chi connectivity index (χ4v) is 3.33. The van der Waals surface area contributed by atoms with Crippen LogP contribution in [0.1, 0.15) is 30.8 Å². The van der Waals surface area contributed by atoms with E-state index in [-0.39, 0.29) is 0 Å². The molecule has 0 saturated heterocycles. The summed E-state index contributed by atoms with van der Waals surface area (Å²) in [6, 6.07) is 2.63. The minimum Gasteiger partial charge on any atom is -0.338 e. The Kier molecular flexibility index (Phi) is 5.20. The molecular weight excluding hydrogens is 357 g/mol. The zero-order valence-electron chi connectivity index (χ0n) is 10.7. The molecule has 3 nitrogen and oxygen atoms in total. The van der Waals surface area contributed by atoms with Gasteiger partial charge in [0.05, 0.1) is 2.88 Å². The van der Waals surface area contributed by atoms with Crippen molar-refractivity contribution < 1.29 is 0 Å². The second-order valence-corrected chi connectivity index (χ2v) is 7.15. The van der Waals surface area contributed by atoms with Crippen LogP contribution in [0, 0.1) is 2.88 Å². The fourth-order valence-electron chi connectivity index (χ4n) is 1.91. The van der Waals surface area contributed by atoms with Gasteiger partial charge in [0.25, 0.3) is 0 Å². The van der Waals surface area contributed by atoms with E-state index in [1.165, 1.54) is 8.45 Å². The summed E-state index contributed by atoms with van der Waals surface area (Å²) in [7, 11) is 2.05. The quantitative estimate of drug-likeness (QED) is 0.785. The Balaban J connectivity index is 2.12. The molecule has 2 aromatic rings. The molecule has 0 radical (unpaired) electrons. The minimum atomic E-state index is 0.366. The van der Waals surface area contributed by atoms with Crippen molar-refractivity contribution >= 4 is 33.9 Å². The summed E-state index contributed by atoms with van der Waals surface area (Å²) in [4.78, 5) is 4.42. The molecule has 0 spiro atoms. The molecule has 0 bridgehead atoms. The first-order chi connectivity index (χ1) is 8.70. The number of hydrogen-bond donors (Lipinski definition) is 1. The largest absolute Gasteiger partial charge is 0.338 e. The summed E-state index contributed by atoms with van der Waals surface area (Å²) >= 11 is 4.18. The number of rotatable bonds is 6. The maximum absolute atomic E-state index is 4.42. The smallest absolute Gasteiger partial charge is 0.110 e. The number of nitrogens with zero attached hydrogens (tertiary/aromatic N) is 2. The summed E-state index contributed by atoms with van der Waals surface area (Å²) < 4.78 is 3.43. The topological polar surface area (TPSA) is 29.9 Å². The first-order valence-electron chi connectivity index (χ1n) is 6.14. The highest BCUT2D eigenvalue weighted by molar-refractivity contribution is 14.1. The number of halogens is 1. The average Bonchev–Trinajstić information content (AvgIpc) is 2.94. The lowest BCUT2D eigenvalue weighted by atomic mass is 10.1. The van der Waals surface area contributed by atoms with Gasteiger partial charge in [-0.25, -0.2) is 4.98 Å². The molecule has 2 heterocycles. The number of nitrogens with one attached hydrogen (secondary N) is 1. The van der Waals surface area contributed by atoms with Crippen LogP contribution in [0.4, 0.5) is 0 Å². The van der Waals surface area contributed by atoms with Crippen molar-refractivity contribution in [1.82, 2.24) is 14.9 Å². The maximum Gasteiger partial charge on any atom is 0.110 e. The van der Waals surface area contributed by atoms with Crippen LogP contribution in [0.25, 0.3) is 0 Å². The van der Waals surface area contributed by atoms with E-state index in [9.17, 15) is 0 Å². The minimum absolute atomic E-state index is 0.366. The lowest BCUT2D eigenvalue weighted by Gasteiger charge is -2.17. The normalized spacial score (nSPS) is 12.8. The van der Waals surface area contributed by atoms with Crippen molar-refractivity contribution in [2.45, 2.75) is 25.8 Å². The number of hydrogen-bond acceptors (Lipinski definition) is 3. The molecular formula is C13H18IN3S. The first kappa shape index (κ1) is 14.0. The Morgan fingerprint density at radius 3 is 2.94 bits per heavy atom. The summed E-state index contributed by atoms with van der Waals surface area (Å²) in [5.41, 5.74) is 1.38. The van der Waals surface area contributed by atoms with E-state index in [0.717, 1.165) is 25.2 Å². The highest BCUT2D eigenvalue weighted by Crippen LogP contribution is 2.24. The van der Waals surface area contributed by atoms with Gasteiger partial charge in [-0.05, 0) is 52.6 Å². The van der Waals surface area contributed by atoms with Gasteiger partial charge in [0.2, 0.25) is 0 Å². The van der Waals surface area contributed by atoms with Gasteiger partial charge < -0.3 is 9.88 Å². The maximum atomic E-state index is 4.42. The average molecular weight is 375 g/mol. The van der Waals surface area contributed by atoms with Gasteiger partial charge in [0.1, 0.15) is 5.82 Å².